The largest absolute Gasteiger partial charge is 0.483 e. The van der Waals surface area contributed by atoms with Gasteiger partial charge in [-0.2, -0.15) is 0 Å². The quantitative estimate of drug-likeness (QED) is 0.352. The molecule has 1 aromatic carbocycles. The molecule has 3 fully saturated rings. The van der Waals surface area contributed by atoms with E-state index in [2.05, 4.69) is 10.3 Å². The smallest absolute Gasteiger partial charge is 0.407 e. The maximum atomic E-state index is 15.0. The summed E-state index contributed by atoms with van der Waals surface area (Å²) in [7, 11) is 0. The fourth-order valence-corrected chi connectivity index (χ4v) is 6.08. The number of rotatable bonds is 9. The van der Waals surface area contributed by atoms with Gasteiger partial charge in [0.25, 0.3) is 11.8 Å². The van der Waals surface area contributed by atoms with Crippen molar-refractivity contribution in [2.75, 3.05) is 52.4 Å². The van der Waals surface area contributed by atoms with Crippen molar-refractivity contribution in [3.8, 4) is 5.75 Å². The van der Waals surface area contributed by atoms with Gasteiger partial charge < -0.3 is 39.9 Å². The van der Waals surface area contributed by atoms with Crippen LogP contribution < -0.4 is 10.1 Å². The maximum Gasteiger partial charge on any atom is 0.407 e. The highest BCUT2D eigenvalue weighted by molar-refractivity contribution is 6.00. The molecule has 1 aromatic heterocycles. The van der Waals surface area contributed by atoms with Crippen molar-refractivity contribution in [3.63, 3.8) is 0 Å². The molecular formula is C30H35FN6O9. The van der Waals surface area contributed by atoms with Crippen LogP contribution in [0.3, 0.4) is 0 Å². The molecule has 15 nitrogen and oxygen atoms in total. The minimum Gasteiger partial charge on any atom is -0.483 e. The van der Waals surface area contributed by atoms with E-state index in [4.69, 9.17) is 9.84 Å². The number of benzene rings is 1. The van der Waals surface area contributed by atoms with Crippen LogP contribution in [0.5, 0.6) is 5.75 Å². The molecule has 0 saturated carbocycles. The number of hydrogen-bond donors (Lipinski definition) is 3. The Morgan fingerprint density at radius 2 is 1.63 bits per heavy atom. The Labute approximate surface area is 262 Å². The summed E-state index contributed by atoms with van der Waals surface area (Å²) in [6.45, 7) is 1.21. The van der Waals surface area contributed by atoms with E-state index in [9.17, 15) is 38.3 Å². The second-order valence-electron chi connectivity index (χ2n) is 11.4. The molecule has 16 heteroatoms. The van der Waals surface area contributed by atoms with Gasteiger partial charge in [0.15, 0.2) is 6.61 Å². The molecule has 246 valence electrons. The third kappa shape index (κ3) is 7.10. The summed E-state index contributed by atoms with van der Waals surface area (Å²) in [4.78, 5) is 85.4. The molecule has 2 aromatic rings. The fraction of sp³-hybridized carbons (Fsp3) is 0.500. The monoisotopic (exact) mass is 642 g/mol. The first kappa shape index (κ1) is 32.4. The van der Waals surface area contributed by atoms with E-state index in [0.29, 0.717) is 32.5 Å². The summed E-state index contributed by atoms with van der Waals surface area (Å²) >= 11 is 0. The van der Waals surface area contributed by atoms with Gasteiger partial charge in [0.05, 0.1) is 17.3 Å². The Kier molecular flexibility index (Phi) is 9.82. The number of halogens is 1. The topological polar surface area (TPSA) is 190 Å². The van der Waals surface area contributed by atoms with E-state index < -0.39 is 60.7 Å². The lowest BCUT2D eigenvalue weighted by Crippen LogP contribution is -2.56. The van der Waals surface area contributed by atoms with Crippen LogP contribution in [0.1, 0.15) is 42.6 Å². The number of fused-ring (bicyclic) bond motifs is 1. The first-order chi connectivity index (χ1) is 22.0. The number of carboxylic acids is 1. The number of nitrogens with one attached hydrogen (secondary N) is 1. The Morgan fingerprint density at radius 3 is 2.30 bits per heavy atom. The number of carboxylic acid groups (broad SMARTS) is 2. The van der Waals surface area contributed by atoms with Crippen molar-refractivity contribution in [2.24, 2.45) is 0 Å². The Balaban J connectivity index is 1.32. The minimum atomic E-state index is -1.50. The molecule has 0 aliphatic carbocycles. The lowest BCUT2D eigenvalue weighted by molar-refractivity contribution is -0.144. The van der Waals surface area contributed by atoms with E-state index in [0.717, 1.165) is 29.9 Å². The third-order valence-electron chi connectivity index (χ3n) is 8.45. The van der Waals surface area contributed by atoms with Crippen molar-refractivity contribution in [1.82, 2.24) is 29.9 Å². The average Bonchev–Trinajstić information content (AvgIpc) is 3.76. The van der Waals surface area contributed by atoms with Crippen molar-refractivity contribution < 1.29 is 48.1 Å². The van der Waals surface area contributed by atoms with Gasteiger partial charge in [-0.25, -0.2) is 14.2 Å². The lowest BCUT2D eigenvalue weighted by Gasteiger charge is -2.35. The number of pyridine rings is 1. The van der Waals surface area contributed by atoms with Crippen LogP contribution in [0, 0.1) is 5.82 Å². The lowest BCUT2D eigenvalue weighted by atomic mass is 10.1. The highest BCUT2D eigenvalue weighted by Crippen LogP contribution is 2.29. The fourth-order valence-electron chi connectivity index (χ4n) is 6.08. The standard InChI is InChI=1S/C30H35FN6O9/c31-18-5-3-6-19-26(18)23(46-17-24(38)37-10-4-7-22(37)29(43)34-8-1-2-9-34)15-20(32-19)27(41)33-21(16-25(39)40)28(42)35-11-13-36(14-12-35)30(44)45/h3,5-6,15,21-22H,1-2,4,7-14,16-17H2,(H,33,41)(H,39,40)(H,44,45)/t21-,22-/m0/s1. The van der Waals surface area contributed by atoms with Crippen LogP contribution >= 0.6 is 0 Å². The summed E-state index contributed by atoms with van der Waals surface area (Å²) in [5.41, 5.74) is -0.299. The summed E-state index contributed by atoms with van der Waals surface area (Å²) in [5, 5.41) is 20.9. The van der Waals surface area contributed by atoms with Crippen molar-refractivity contribution in [1.29, 1.82) is 0 Å². The van der Waals surface area contributed by atoms with Crippen LogP contribution in [0.2, 0.25) is 0 Å². The summed E-state index contributed by atoms with van der Waals surface area (Å²) < 4.78 is 20.7. The van der Waals surface area contributed by atoms with Crippen LogP contribution in [-0.4, -0.2) is 135 Å². The Hall–Kier alpha value is -5.02. The zero-order valence-electron chi connectivity index (χ0n) is 25.0. The van der Waals surface area contributed by atoms with Gasteiger partial charge >= 0.3 is 12.1 Å². The second-order valence-corrected chi connectivity index (χ2v) is 11.4. The second kappa shape index (κ2) is 14.0. The molecular weight excluding hydrogens is 607 g/mol. The summed E-state index contributed by atoms with van der Waals surface area (Å²) in [6.07, 6.45) is 1.12. The van der Waals surface area contributed by atoms with Gasteiger partial charge in [-0.3, -0.25) is 24.0 Å². The molecule has 2 atom stereocenters. The molecule has 0 unspecified atom stereocenters. The molecule has 3 aliphatic rings. The normalized spacial score (nSPS) is 18.8. The van der Waals surface area contributed by atoms with E-state index in [1.54, 1.807) is 4.90 Å². The van der Waals surface area contributed by atoms with Crippen LogP contribution in [0.4, 0.5) is 9.18 Å². The Bertz CT molecular complexity index is 1540. The third-order valence-corrected chi connectivity index (χ3v) is 8.45. The molecule has 4 heterocycles. The molecule has 3 aliphatic heterocycles. The van der Waals surface area contributed by atoms with Crippen LogP contribution in [0.15, 0.2) is 24.3 Å². The zero-order chi connectivity index (χ0) is 33.0. The van der Waals surface area contributed by atoms with Gasteiger partial charge in [0.1, 0.15) is 29.3 Å². The number of ether oxygens (including phenoxy) is 1. The van der Waals surface area contributed by atoms with Crippen molar-refractivity contribution in [3.05, 3.63) is 35.8 Å². The first-order valence-corrected chi connectivity index (χ1v) is 15.1. The number of aliphatic carboxylic acids is 1. The highest BCUT2D eigenvalue weighted by Gasteiger charge is 2.37. The number of carbonyl (C=O) groups is 6. The zero-order valence-corrected chi connectivity index (χ0v) is 25.0. The highest BCUT2D eigenvalue weighted by atomic mass is 19.1. The maximum absolute atomic E-state index is 15.0. The number of piperazine rings is 1. The van der Waals surface area contributed by atoms with Gasteiger partial charge in [0.2, 0.25) is 11.8 Å². The van der Waals surface area contributed by atoms with Gasteiger partial charge in [-0.15, -0.1) is 0 Å². The molecule has 0 spiro atoms. The van der Waals surface area contributed by atoms with E-state index in [1.165, 1.54) is 21.9 Å². The summed E-state index contributed by atoms with van der Waals surface area (Å²) in [6, 6.07) is 2.97. The van der Waals surface area contributed by atoms with Crippen molar-refractivity contribution in [2.45, 2.75) is 44.2 Å². The van der Waals surface area contributed by atoms with Crippen molar-refractivity contribution >= 4 is 46.6 Å². The molecule has 3 N–H and O–H groups in total. The predicted molar refractivity (Wildman–Crippen MR) is 157 cm³/mol. The average molecular weight is 643 g/mol. The molecule has 0 radical (unpaired) electrons. The Morgan fingerprint density at radius 1 is 0.935 bits per heavy atom. The molecule has 5 amide bonds. The molecule has 46 heavy (non-hydrogen) atoms. The van der Waals surface area contributed by atoms with E-state index in [1.807, 2.05) is 0 Å². The number of carbonyl (C=O) groups excluding carboxylic acids is 4. The van der Waals surface area contributed by atoms with E-state index in [-0.39, 0.29) is 54.4 Å². The first-order valence-electron chi connectivity index (χ1n) is 15.1. The SMILES string of the molecule is O=C(O)C[C@H](NC(=O)c1cc(OCC(=O)N2CCC[C@H]2C(=O)N2CCCC2)c2c(F)cccc2n1)C(=O)N1CCN(C(=O)O)CC1. The van der Waals surface area contributed by atoms with Crippen LogP contribution in [0.25, 0.3) is 10.9 Å². The number of nitrogens with zero attached hydrogens (tertiary/aromatic N) is 5. The number of aromatic nitrogens is 1. The van der Waals surface area contributed by atoms with Gasteiger partial charge in [0, 0.05) is 51.9 Å². The number of likely N-dealkylation sites (tertiary alicyclic amines) is 2. The molecule has 5 rings (SSSR count). The minimum absolute atomic E-state index is 0.0120. The number of amides is 5. The van der Waals surface area contributed by atoms with E-state index >= 15 is 0 Å². The predicted octanol–water partition coefficient (Wildman–Crippen LogP) is 0.761. The van der Waals surface area contributed by atoms with Crippen LogP contribution in [-0.2, 0) is 19.2 Å². The van der Waals surface area contributed by atoms with Gasteiger partial charge in [-0.05, 0) is 37.8 Å². The summed E-state index contributed by atoms with van der Waals surface area (Å²) in [5.74, 6) is -4.48. The molecule has 3 saturated heterocycles. The molecule has 0 bridgehead atoms. The number of hydrogen-bond acceptors (Lipinski definition) is 8. The van der Waals surface area contributed by atoms with Gasteiger partial charge in [-0.1, -0.05) is 6.07 Å².